The van der Waals surface area contributed by atoms with Crippen LogP contribution in [-0.4, -0.2) is 47.0 Å². The van der Waals surface area contributed by atoms with Crippen molar-refractivity contribution in [3.05, 3.63) is 24.3 Å². The van der Waals surface area contributed by atoms with Crippen LogP contribution < -0.4 is 10.1 Å². The van der Waals surface area contributed by atoms with Crippen molar-refractivity contribution in [3.8, 4) is 5.75 Å². The highest BCUT2D eigenvalue weighted by atomic mass is 32.2. The summed E-state index contributed by atoms with van der Waals surface area (Å²) in [7, 11) is 1.63. The number of likely N-dealkylation sites (tertiary alicyclic amines) is 1. The first-order chi connectivity index (χ1) is 11.8. The van der Waals surface area contributed by atoms with Gasteiger partial charge in [-0.3, -0.25) is 4.79 Å². The highest BCUT2D eigenvalue weighted by molar-refractivity contribution is 8.01. The van der Waals surface area contributed by atoms with Gasteiger partial charge in [-0.2, -0.15) is 0 Å². The number of methoxy groups -OCH3 is 1. The van der Waals surface area contributed by atoms with Gasteiger partial charge in [0.25, 0.3) is 0 Å². The molecule has 24 heavy (non-hydrogen) atoms. The molecule has 1 aliphatic heterocycles. The molecule has 1 saturated heterocycles. The van der Waals surface area contributed by atoms with Crippen LogP contribution >= 0.6 is 23.1 Å². The maximum Gasteiger partial charge on any atom is 0.233 e. The summed E-state index contributed by atoms with van der Waals surface area (Å²) in [6, 6.07) is 7.65. The van der Waals surface area contributed by atoms with E-state index in [-0.39, 0.29) is 5.91 Å². The average molecular weight is 364 g/mol. The summed E-state index contributed by atoms with van der Waals surface area (Å²) in [6.07, 6.45) is 3.45. The van der Waals surface area contributed by atoms with E-state index in [0.717, 1.165) is 41.7 Å². The predicted octanol–water partition coefficient (Wildman–Crippen LogP) is 3.39. The number of benzene rings is 1. The molecule has 0 saturated carbocycles. The predicted molar refractivity (Wildman–Crippen MR) is 97.3 cm³/mol. The van der Waals surface area contributed by atoms with E-state index in [4.69, 9.17) is 4.74 Å². The van der Waals surface area contributed by atoms with Crippen LogP contribution in [-0.2, 0) is 4.79 Å². The van der Waals surface area contributed by atoms with Crippen LogP contribution in [0, 0.1) is 0 Å². The Morgan fingerprint density at radius 2 is 2.08 bits per heavy atom. The van der Waals surface area contributed by atoms with Gasteiger partial charge in [-0.05, 0) is 31.4 Å². The number of anilines is 2. The molecule has 6 nitrogen and oxygen atoms in total. The van der Waals surface area contributed by atoms with E-state index in [1.165, 1.54) is 29.5 Å². The Morgan fingerprint density at radius 1 is 1.29 bits per heavy atom. The number of amides is 1. The standard InChI is InChI=1S/C16H20N4O2S2/c1-22-13-8-4-3-7-12(13)17-15-18-19-16(24-15)23-11-14(21)20-9-5-2-6-10-20/h3-4,7-8H,2,5-6,9-11H2,1H3,(H,17,18). The van der Waals surface area contributed by atoms with Crippen LogP contribution in [0.3, 0.4) is 0 Å². The number of nitrogens with zero attached hydrogens (tertiary/aromatic N) is 3. The zero-order chi connectivity index (χ0) is 16.8. The zero-order valence-electron chi connectivity index (χ0n) is 13.5. The third kappa shape index (κ3) is 4.39. The number of hydrogen-bond acceptors (Lipinski definition) is 7. The number of para-hydroxylation sites is 2. The number of hydrogen-bond donors (Lipinski definition) is 1. The average Bonchev–Trinajstić information content (AvgIpc) is 3.08. The van der Waals surface area contributed by atoms with Crippen LogP contribution in [0.2, 0.25) is 0 Å². The molecule has 1 aromatic carbocycles. The fourth-order valence-electron chi connectivity index (χ4n) is 2.54. The lowest BCUT2D eigenvalue weighted by Gasteiger charge is -2.26. The Labute approximate surface area is 149 Å². The van der Waals surface area contributed by atoms with Crippen LogP contribution in [0.15, 0.2) is 28.6 Å². The quantitative estimate of drug-likeness (QED) is 0.793. The molecule has 3 rings (SSSR count). The summed E-state index contributed by atoms with van der Waals surface area (Å²) in [5.74, 6) is 1.36. The van der Waals surface area contributed by atoms with Crippen molar-refractivity contribution in [3.63, 3.8) is 0 Å². The minimum atomic E-state index is 0.189. The second kappa shape index (κ2) is 8.34. The van der Waals surface area contributed by atoms with E-state index in [0.29, 0.717) is 10.9 Å². The van der Waals surface area contributed by atoms with Gasteiger partial charge in [0.2, 0.25) is 11.0 Å². The van der Waals surface area contributed by atoms with E-state index < -0.39 is 0 Å². The van der Waals surface area contributed by atoms with Crippen molar-refractivity contribution in [1.82, 2.24) is 15.1 Å². The fourth-order valence-corrected chi connectivity index (χ4v) is 4.21. The lowest BCUT2D eigenvalue weighted by Crippen LogP contribution is -2.36. The summed E-state index contributed by atoms with van der Waals surface area (Å²) in [5, 5.41) is 12.2. The second-order valence-corrected chi connectivity index (χ2v) is 7.63. The van der Waals surface area contributed by atoms with E-state index in [1.54, 1.807) is 7.11 Å². The van der Waals surface area contributed by atoms with E-state index >= 15 is 0 Å². The highest BCUT2D eigenvalue weighted by Gasteiger charge is 2.17. The van der Waals surface area contributed by atoms with Crippen molar-refractivity contribution < 1.29 is 9.53 Å². The van der Waals surface area contributed by atoms with Gasteiger partial charge >= 0.3 is 0 Å². The van der Waals surface area contributed by atoms with Crippen LogP contribution in [0.4, 0.5) is 10.8 Å². The SMILES string of the molecule is COc1ccccc1Nc1nnc(SCC(=O)N2CCCCC2)s1. The largest absolute Gasteiger partial charge is 0.495 e. The maximum absolute atomic E-state index is 12.2. The first kappa shape index (κ1) is 17.0. The minimum Gasteiger partial charge on any atom is -0.495 e. The Balaban J connectivity index is 1.54. The highest BCUT2D eigenvalue weighted by Crippen LogP contribution is 2.31. The minimum absolute atomic E-state index is 0.189. The maximum atomic E-state index is 12.2. The molecule has 1 N–H and O–H groups in total. The molecule has 1 aromatic heterocycles. The third-order valence-corrected chi connectivity index (χ3v) is 5.74. The topological polar surface area (TPSA) is 67.3 Å². The summed E-state index contributed by atoms with van der Waals surface area (Å²) in [6.45, 7) is 1.77. The third-order valence-electron chi connectivity index (χ3n) is 3.78. The molecular weight excluding hydrogens is 344 g/mol. The molecular formula is C16H20N4O2S2. The number of carbonyl (C=O) groups excluding carboxylic acids is 1. The molecule has 0 aliphatic carbocycles. The molecule has 1 aliphatic rings. The number of aromatic nitrogens is 2. The number of ether oxygens (including phenoxy) is 1. The lowest BCUT2D eigenvalue weighted by molar-refractivity contribution is -0.129. The summed E-state index contributed by atoms with van der Waals surface area (Å²) in [4.78, 5) is 14.1. The molecule has 8 heteroatoms. The van der Waals surface area contributed by atoms with Crippen molar-refractivity contribution in [2.45, 2.75) is 23.6 Å². The first-order valence-electron chi connectivity index (χ1n) is 7.90. The Kier molecular flexibility index (Phi) is 5.92. The van der Waals surface area contributed by atoms with Crippen molar-refractivity contribution in [2.75, 3.05) is 31.3 Å². The fraction of sp³-hybridized carbons (Fsp3) is 0.438. The monoisotopic (exact) mass is 364 g/mol. The van der Waals surface area contributed by atoms with E-state index in [2.05, 4.69) is 15.5 Å². The van der Waals surface area contributed by atoms with Gasteiger partial charge in [0.05, 0.1) is 18.6 Å². The van der Waals surface area contributed by atoms with Crippen LogP contribution in [0.25, 0.3) is 0 Å². The molecule has 0 atom stereocenters. The van der Waals surface area contributed by atoms with Gasteiger partial charge in [-0.15, -0.1) is 10.2 Å². The summed E-state index contributed by atoms with van der Waals surface area (Å²) >= 11 is 2.88. The molecule has 2 heterocycles. The first-order valence-corrected chi connectivity index (χ1v) is 9.70. The molecule has 1 fully saturated rings. The molecule has 0 unspecified atom stereocenters. The van der Waals surface area contributed by atoms with Crippen LogP contribution in [0.1, 0.15) is 19.3 Å². The van der Waals surface area contributed by atoms with Crippen molar-refractivity contribution in [1.29, 1.82) is 0 Å². The van der Waals surface area contributed by atoms with Crippen molar-refractivity contribution >= 4 is 39.8 Å². The Bertz CT molecular complexity index is 686. The number of thioether (sulfide) groups is 1. The molecule has 0 spiro atoms. The molecule has 1 amide bonds. The number of piperidine rings is 1. The van der Waals surface area contributed by atoms with E-state index in [1.807, 2.05) is 29.2 Å². The normalized spacial score (nSPS) is 14.5. The Hall–Kier alpha value is -1.80. The number of rotatable bonds is 6. The van der Waals surface area contributed by atoms with Crippen molar-refractivity contribution in [2.24, 2.45) is 0 Å². The summed E-state index contributed by atoms with van der Waals surface area (Å²) in [5.41, 5.74) is 0.845. The van der Waals surface area contributed by atoms with Gasteiger partial charge in [0, 0.05) is 13.1 Å². The molecule has 0 bridgehead atoms. The van der Waals surface area contributed by atoms with Gasteiger partial charge in [0.15, 0.2) is 4.34 Å². The lowest BCUT2D eigenvalue weighted by atomic mass is 10.1. The number of carbonyl (C=O) groups is 1. The Morgan fingerprint density at radius 3 is 2.88 bits per heavy atom. The van der Waals surface area contributed by atoms with Gasteiger partial charge < -0.3 is 15.0 Å². The molecule has 2 aromatic rings. The molecule has 0 radical (unpaired) electrons. The van der Waals surface area contributed by atoms with E-state index in [9.17, 15) is 4.79 Å². The smallest absolute Gasteiger partial charge is 0.233 e. The van der Waals surface area contributed by atoms with Gasteiger partial charge in [0.1, 0.15) is 5.75 Å². The van der Waals surface area contributed by atoms with Gasteiger partial charge in [-0.25, -0.2) is 0 Å². The molecule has 128 valence electrons. The second-order valence-electron chi connectivity index (χ2n) is 5.43. The summed E-state index contributed by atoms with van der Waals surface area (Å²) < 4.78 is 6.10. The van der Waals surface area contributed by atoms with Gasteiger partial charge in [-0.1, -0.05) is 35.2 Å². The van der Waals surface area contributed by atoms with Crippen LogP contribution in [0.5, 0.6) is 5.75 Å². The number of nitrogens with one attached hydrogen (secondary N) is 1. The zero-order valence-corrected chi connectivity index (χ0v) is 15.2.